The van der Waals surface area contributed by atoms with Crippen molar-refractivity contribution in [1.82, 2.24) is 5.06 Å². The number of nitrogens with one attached hydrogen (secondary N) is 2. The first kappa shape index (κ1) is 17.4. The average Bonchev–Trinajstić information content (AvgIpc) is 2.42. The first-order chi connectivity index (χ1) is 9.01. The van der Waals surface area contributed by atoms with Gasteiger partial charge in [-0.1, -0.05) is 23.5 Å². The normalized spacial score (nSPS) is 21.2. The van der Waals surface area contributed by atoms with E-state index in [1.807, 2.05) is 27.7 Å². The summed E-state index contributed by atoms with van der Waals surface area (Å²) in [5.41, 5.74) is 11.5. The van der Waals surface area contributed by atoms with Crippen molar-refractivity contribution in [3.05, 3.63) is 11.1 Å². The molecule has 1 heterocycles. The van der Waals surface area contributed by atoms with Gasteiger partial charge in [0.1, 0.15) is 0 Å². The highest BCUT2D eigenvalue weighted by Gasteiger charge is 2.51. The highest BCUT2D eigenvalue weighted by atomic mass is 32.2. The number of rotatable bonds is 4. The number of amidine groups is 2. The molecule has 0 spiro atoms. The number of thioether (sulfide) groups is 2. The molecule has 1 radical (unpaired) electrons. The Labute approximate surface area is 128 Å². The smallest absolute Gasteiger partial charge is 0.151 e. The highest BCUT2D eigenvalue weighted by Crippen LogP contribution is 2.46. The van der Waals surface area contributed by atoms with Crippen LogP contribution in [0.2, 0.25) is 0 Å². The van der Waals surface area contributed by atoms with Gasteiger partial charge in [0.05, 0.1) is 11.1 Å². The van der Waals surface area contributed by atoms with Crippen molar-refractivity contribution in [1.29, 1.82) is 10.8 Å². The Balaban J connectivity index is 3.15. The van der Waals surface area contributed by atoms with E-state index in [2.05, 4.69) is 0 Å². The molecular formula is C12H22N5OS2. The number of hydrogen-bond acceptors (Lipinski definition) is 5. The summed E-state index contributed by atoms with van der Waals surface area (Å²) in [4.78, 5) is 0. The van der Waals surface area contributed by atoms with Crippen molar-refractivity contribution < 1.29 is 5.21 Å². The van der Waals surface area contributed by atoms with Gasteiger partial charge in [-0.05, 0) is 38.8 Å². The summed E-state index contributed by atoms with van der Waals surface area (Å²) in [7, 11) is 0. The van der Waals surface area contributed by atoms with Gasteiger partial charge in [0.25, 0.3) is 0 Å². The van der Waals surface area contributed by atoms with E-state index in [4.69, 9.17) is 22.3 Å². The molecule has 0 saturated carbocycles. The SMILES string of the molecule is CC1(C)C(CSC(=N)N)=C(CSC(=N)N)C(C)(C)N1[O]. The molecular weight excluding hydrogens is 294 g/mol. The maximum atomic E-state index is 12.5. The number of hydrogen-bond donors (Lipinski definition) is 4. The second-order valence-electron chi connectivity index (χ2n) is 5.68. The molecule has 0 aromatic heterocycles. The first-order valence-electron chi connectivity index (χ1n) is 6.15. The second-order valence-corrected chi connectivity index (χ2v) is 7.71. The summed E-state index contributed by atoms with van der Waals surface area (Å²) in [6.07, 6.45) is 0. The van der Waals surface area contributed by atoms with Crippen LogP contribution in [0.5, 0.6) is 0 Å². The quantitative estimate of drug-likeness (QED) is 0.357. The number of hydroxylamine groups is 2. The maximum absolute atomic E-state index is 12.5. The van der Waals surface area contributed by atoms with E-state index in [1.54, 1.807) is 0 Å². The lowest BCUT2D eigenvalue weighted by Gasteiger charge is -2.34. The molecule has 1 aliphatic rings. The minimum atomic E-state index is -0.640. The molecule has 0 unspecified atom stereocenters. The van der Waals surface area contributed by atoms with Crippen molar-refractivity contribution in [2.45, 2.75) is 38.8 Å². The lowest BCUT2D eigenvalue weighted by Crippen LogP contribution is -2.48. The topological polar surface area (TPSA) is 123 Å². The van der Waals surface area contributed by atoms with Crippen LogP contribution in [0.3, 0.4) is 0 Å². The van der Waals surface area contributed by atoms with Crippen LogP contribution in [0.15, 0.2) is 11.1 Å². The summed E-state index contributed by atoms with van der Waals surface area (Å²) >= 11 is 2.43. The van der Waals surface area contributed by atoms with Crippen LogP contribution >= 0.6 is 23.5 Å². The molecule has 0 bridgehead atoms. The van der Waals surface area contributed by atoms with Gasteiger partial charge in [-0.2, -0.15) is 0 Å². The molecule has 6 N–H and O–H groups in total. The molecule has 1 rings (SSSR count). The lowest BCUT2D eigenvalue weighted by molar-refractivity contribution is -0.240. The molecule has 0 fully saturated rings. The van der Waals surface area contributed by atoms with E-state index < -0.39 is 11.1 Å². The zero-order valence-corrected chi connectivity index (χ0v) is 13.9. The molecule has 1 aliphatic heterocycles. The Bertz CT molecular complexity index is 419. The van der Waals surface area contributed by atoms with Gasteiger partial charge in [0.2, 0.25) is 0 Å². The molecule has 8 heteroatoms. The van der Waals surface area contributed by atoms with E-state index in [1.165, 1.54) is 23.5 Å². The molecule has 6 nitrogen and oxygen atoms in total. The summed E-state index contributed by atoms with van der Waals surface area (Å²) < 4.78 is 0. The van der Waals surface area contributed by atoms with Crippen molar-refractivity contribution in [2.24, 2.45) is 11.5 Å². The lowest BCUT2D eigenvalue weighted by atomic mass is 9.93. The fraction of sp³-hybridized carbons (Fsp3) is 0.667. The van der Waals surface area contributed by atoms with Gasteiger partial charge in [-0.15, -0.1) is 10.3 Å². The molecule has 0 saturated heterocycles. The van der Waals surface area contributed by atoms with Crippen LogP contribution in [0, 0.1) is 10.8 Å². The van der Waals surface area contributed by atoms with Gasteiger partial charge < -0.3 is 11.5 Å². The minimum Gasteiger partial charge on any atom is -0.379 e. The van der Waals surface area contributed by atoms with Gasteiger partial charge in [-0.3, -0.25) is 10.8 Å². The average molecular weight is 316 g/mol. The van der Waals surface area contributed by atoms with Crippen molar-refractivity contribution >= 4 is 33.9 Å². The summed E-state index contributed by atoms with van der Waals surface area (Å²) in [5, 5.41) is 28.4. The second kappa shape index (κ2) is 5.97. The maximum Gasteiger partial charge on any atom is 0.151 e. The third-order valence-corrected chi connectivity index (χ3v) is 5.09. The molecule has 0 aromatic carbocycles. The summed E-state index contributed by atoms with van der Waals surface area (Å²) in [6, 6.07) is 0. The minimum absolute atomic E-state index is 0.0361. The zero-order valence-electron chi connectivity index (χ0n) is 12.2. The highest BCUT2D eigenvalue weighted by molar-refractivity contribution is 8.14. The van der Waals surface area contributed by atoms with Gasteiger partial charge in [0, 0.05) is 11.5 Å². The monoisotopic (exact) mass is 316 g/mol. The van der Waals surface area contributed by atoms with Gasteiger partial charge in [0.15, 0.2) is 10.3 Å². The molecule has 0 amide bonds. The van der Waals surface area contributed by atoms with Crippen LogP contribution in [0.1, 0.15) is 27.7 Å². The standard InChI is InChI=1S/C12H22N5OS2/c1-11(2)7(5-19-9(13)14)8(6-20-10(15)16)12(3,4)17(11)18/h5-6H2,1-4H3,(H3,13,14)(H3,15,16). The van der Waals surface area contributed by atoms with Gasteiger partial charge >= 0.3 is 0 Å². The predicted molar refractivity (Wildman–Crippen MR) is 86.5 cm³/mol. The molecule has 0 atom stereocenters. The van der Waals surface area contributed by atoms with E-state index in [0.717, 1.165) is 16.2 Å². The van der Waals surface area contributed by atoms with Crippen LogP contribution in [0.4, 0.5) is 0 Å². The molecule has 113 valence electrons. The Morgan fingerprint density at radius 1 is 1.00 bits per heavy atom. The molecule has 0 aromatic rings. The summed E-state index contributed by atoms with van der Waals surface area (Å²) in [5.74, 6) is 1.02. The van der Waals surface area contributed by atoms with Gasteiger partial charge in [-0.25, -0.2) is 0 Å². The number of nitrogens with two attached hydrogens (primary N) is 2. The van der Waals surface area contributed by atoms with Crippen LogP contribution in [0.25, 0.3) is 0 Å². The van der Waals surface area contributed by atoms with Crippen LogP contribution < -0.4 is 11.5 Å². The van der Waals surface area contributed by atoms with Crippen molar-refractivity contribution in [2.75, 3.05) is 11.5 Å². The third kappa shape index (κ3) is 3.30. The number of nitrogens with zero attached hydrogens (tertiary/aromatic N) is 1. The predicted octanol–water partition coefficient (Wildman–Crippen LogP) is 1.75. The Hall–Kier alpha value is -0.700. The Morgan fingerprint density at radius 3 is 1.55 bits per heavy atom. The zero-order chi connectivity index (χ0) is 15.7. The molecule has 0 aliphatic carbocycles. The Morgan fingerprint density at radius 2 is 1.30 bits per heavy atom. The molecule has 20 heavy (non-hydrogen) atoms. The van der Waals surface area contributed by atoms with Crippen LogP contribution in [-0.4, -0.2) is 38.0 Å². The first-order valence-corrected chi connectivity index (χ1v) is 8.12. The largest absolute Gasteiger partial charge is 0.379 e. The van der Waals surface area contributed by atoms with Crippen molar-refractivity contribution in [3.63, 3.8) is 0 Å². The van der Waals surface area contributed by atoms with E-state index >= 15 is 0 Å². The van der Waals surface area contributed by atoms with Crippen LogP contribution in [-0.2, 0) is 5.21 Å². The van der Waals surface area contributed by atoms with Crippen molar-refractivity contribution in [3.8, 4) is 0 Å². The third-order valence-electron chi connectivity index (χ3n) is 3.60. The summed E-state index contributed by atoms with van der Waals surface area (Å²) in [6.45, 7) is 7.51. The fourth-order valence-corrected chi connectivity index (χ4v) is 4.16. The van der Waals surface area contributed by atoms with E-state index in [9.17, 15) is 5.21 Å². The Kier molecular flexibility index (Phi) is 5.18. The fourth-order valence-electron chi connectivity index (χ4n) is 2.51. The van der Waals surface area contributed by atoms with E-state index in [0.29, 0.717) is 11.5 Å². The van der Waals surface area contributed by atoms with E-state index in [-0.39, 0.29) is 10.3 Å².